The first-order valence-electron chi connectivity index (χ1n) is 5.36. The van der Waals surface area contributed by atoms with Crippen LogP contribution in [0.5, 0.6) is 0 Å². The zero-order chi connectivity index (χ0) is 12.6. The Labute approximate surface area is 119 Å². The molecular formula is C12H13ClINO2. The van der Waals surface area contributed by atoms with Crippen LogP contribution in [0.15, 0.2) is 18.2 Å². The fraction of sp³-hybridized carbons (Fsp3) is 0.417. The van der Waals surface area contributed by atoms with Gasteiger partial charge in [0.1, 0.15) is 0 Å². The summed E-state index contributed by atoms with van der Waals surface area (Å²) >= 11 is 8.11. The number of hydrogen-bond acceptors (Lipinski definition) is 2. The molecule has 1 aromatic rings. The van der Waals surface area contributed by atoms with Crippen LogP contribution in [0.2, 0.25) is 5.02 Å². The van der Waals surface area contributed by atoms with E-state index in [-0.39, 0.29) is 5.91 Å². The molecule has 1 N–H and O–H groups in total. The Hall–Kier alpha value is -0.330. The van der Waals surface area contributed by atoms with Gasteiger partial charge in [0.25, 0.3) is 5.91 Å². The lowest BCUT2D eigenvalue weighted by atomic mass is 10.1. The van der Waals surface area contributed by atoms with E-state index in [1.165, 1.54) is 0 Å². The number of hydrogen-bond donors (Lipinski definition) is 1. The predicted molar refractivity (Wildman–Crippen MR) is 75.3 cm³/mol. The van der Waals surface area contributed by atoms with Crippen LogP contribution in [0.25, 0.3) is 0 Å². The summed E-state index contributed by atoms with van der Waals surface area (Å²) in [5.41, 5.74) is -0.184. The molecule has 0 spiro atoms. The van der Waals surface area contributed by atoms with Crippen molar-refractivity contribution in [3.8, 4) is 0 Å². The average Bonchev–Trinajstić information content (AvgIpc) is 2.62. The number of nitrogens with zero attached hydrogens (tertiary/aromatic N) is 1. The number of β-amino-alcohol motifs (C(OH)–C–C–N with tert-alkyl or cyclic N) is 1. The van der Waals surface area contributed by atoms with Gasteiger partial charge in [0, 0.05) is 22.2 Å². The van der Waals surface area contributed by atoms with Gasteiger partial charge in [-0.3, -0.25) is 4.79 Å². The molecule has 0 aliphatic carbocycles. The van der Waals surface area contributed by atoms with Crippen molar-refractivity contribution >= 4 is 40.1 Å². The summed E-state index contributed by atoms with van der Waals surface area (Å²) in [4.78, 5) is 13.8. The summed E-state index contributed by atoms with van der Waals surface area (Å²) in [6, 6.07) is 5.27. The van der Waals surface area contributed by atoms with Gasteiger partial charge in [0.2, 0.25) is 0 Å². The number of amides is 1. The second-order valence-corrected chi connectivity index (χ2v) is 6.17. The van der Waals surface area contributed by atoms with Crippen molar-refractivity contribution in [2.24, 2.45) is 0 Å². The maximum Gasteiger partial charge on any atom is 0.254 e. The van der Waals surface area contributed by atoms with Crippen molar-refractivity contribution < 1.29 is 9.90 Å². The van der Waals surface area contributed by atoms with Gasteiger partial charge in [-0.05, 0) is 54.1 Å². The van der Waals surface area contributed by atoms with E-state index in [1.807, 2.05) is 6.07 Å². The third-order valence-corrected chi connectivity index (χ3v) is 4.48. The highest BCUT2D eigenvalue weighted by Gasteiger charge is 2.34. The third kappa shape index (κ3) is 2.92. The van der Waals surface area contributed by atoms with Crippen molar-refractivity contribution in [3.63, 3.8) is 0 Å². The zero-order valence-electron chi connectivity index (χ0n) is 9.41. The minimum atomic E-state index is -0.761. The summed E-state index contributed by atoms with van der Waals surface area (Å²) < 4.78 is 0.925. The van der Waals surface area contributed by atoms with Crippen LogP contribution in [0, 0.1) is 3.57 Å². The van der Waals surface area contributed by atoms with Gasteiger partial charge in [0.15, 0.2) is 0 Å². The average molecular weight is 366 g/mol. The monoisotopic (exact) mass is 365 g/mol. The second-order valence-electron chi connectivity index (χ2n) is 4.60. The van der Waals surface area contributed by atoms with Crippen molar-refractivity contribution in [1.82, 2.24) is 4.90 Å². The molecule has 0 radical (unpaired) electrons. The van der Waals surface area contributed by atoms with Crippen LogP contribution < -0.4 is 0 Å². The first kappa shape index (κ1) is 13.1. The molecule has 0 bridgehead atoms. The van der Waals surface area contributed by atoms with E-state index >= 15 is 0 Å². The summed E-state index contributed by atoms with van der Waals surface area (Å²) in [6.07, 6.45) is 0.622. The molecule has 0 aromatic heterocycles. The number of aliphatic hydroxyl groups is 1. The first-order valence-corrected chi connectivity index (χ1v) is 6.81. The minimum Gasteiger partial charge on any atom is -0.388 e. The maximum absolute atomic E-state index is 12.2. The Kier molecular flexibility index (Phi) is 3.66. The quantitative estimate of drug-likeness (QED) is 0.777. The van der Waals surface area contributed by atoms with E-state index in [2.05, 4.69) is 22.6 Å². The number of carbonyl (C=O) groups is 1. The van der Waals surface area contributed by atoms with Crippen molar-refractivity contribution in [1.29, 1.82) is 0 Å². The van der Waals surface area contributed by atoms with Gasteiger partial charge in [-0.25, -0.2) is 0 Å². The SMILES string of the molecule is CC1(O)CCN(C(=O)c2ccc(I)c(Cl)c2)C1. The Balaban J connectivity index is 2.18. The van der Waals surface area contributed by atoms with Crippen LogP contribution in [0.3, 0.4) is 0 Å². The molecule has 1 atom stereocenters. The molecule has 5 heteroatoms. The molecule has 1 aliphatic heterocycles. The fourth-order valence-electron chi connectivity index (χ4n) is 1.93. The molecule has 1 aromatic carbocycles. The van der Waals surface area contributed by atoms with Gasteiger partial charge in [0.05, 0.1) is 10.6 Å². The van der Waals surface area contributed by atoms with Crippen LogP contribution in [-0.4, -0.2) is 34.6 Å². The molecule has 92 valence electrons. The third-order valence-electron chi connectivity index (χ3n) is 2.91. The summed E-state index contributed by atoms with van der Waals surface area (Å²) in [5.74, 6) is -0.0684. The van der Waals surface area contributed by atoms with Crippen LogP contribution >= 0.6 is 34.2 Å². The van der Waals surface area contributed by atoms with Crippen LogP contribution in [0.4, 0.5) is 0 Å². The molecule has 17 heavy (non-hydrogen) atoms. The van der Waals surface area contributed by atoms with E-state index in [0.29, 0.717) is 30.1 Å². The molecule has 1 aliphatic rings. The molecule has 1 unspecified atom stereocenters. The van der Waals surface area contributed by atoms with Crippen molar-refractivity contribution in [3.05, 3.63) is 32.4 Å². The highest BCUT2D eigenvalue weighted by Crippen LogP contribution is 2.24. The Morgan fingerprint density at radius 1 is 1.59 bits per heavy atom. The molecule has 1 amide bonds. The number of carbonyl (C=O) groups excluding carboxylic acids is 1. The zero-order valence-corrected chi connectivity index (χ0v) is 12.3. The Bertz CT molecular complexity index is 462. The van der Waals surface area contributed by atoms with Crippen molar-refractivity contribution in [2.75, 3.05) is 13.1 Å². The highest BCUT2D eigenvalue weighted by atomic mass is 127. The smallest absolute Gasteiger partial charge is 0.254 e. The topological polar surface area (TPSA) is 40.5 Å². The number of benzene rings is 1. The van der Waals surface area contributed by atoms with E-state index in [9.17, 15) is 9.90 Å². The van der Waals surface area contributed by atoms with E-state index < -0.39 is 5.60 Å². The lowest BCUT2D eigenvalue weighted by molar-refractivity contribution is 0.0572. The fourth-order valence-corrected chi connectivity index (χ4v) is 2.45. The molecule has 3 nitrogen and oxygen atoms in total. The largest absolute Gasteiger partial charge is 0.388 e. The molecule has 1 heterocycles. The molecule has 1 fully saturated rings. The van der Waals surface area contributed by atoms with Gasteiger partial charge < -0.3 is 10.0 Å². The highest BCUT2D eigenvalue weighted by molar-refractivity contribution is 14.1. The number of halogens is 2. The molecular weight excluding hydrogens is 352 g/mol. The van der Waals surface area contributed by atoms with Gasteiger partial charge in [-0.2, -0.15) is 0 Å². The molecule has 0 saturated carbocycles. The summed E-state index contributed by atoms with van der Waals surface area (Å²) in [5, 5.41) is 10.4. The second kappa shape index (κ2) is 4.74. The van der Waals surface area contributed by atoms with E-state index in [4.69, 9.17) is 11.6 Å². The van der Waals surface area contributed by atoms with E-state index in [1.54, 1.807) is 24.0 Å². The van der Waals surface area contributed by atoms with Crippen LogP contribution in [0.1, 0.15) is 23.7 Å². The summed E-state index contributed by atoms with van der Waals surface area (Å²) in [7, 11) is 0. The normalized spacial score (nSPS) is 24.1. The van der Waals surface area contributed by atoms with Crippen molar-refractivity contribution in [2.45, 2.75) is 18.9 Å². The number of likely N-dealkylation sites (tertiary alicyclic amines) is 1. The number of rotatable bonds is 1. The maximum atomic E-state index is 12.2. The van der Waals surface area contributed by atoms with Gasteiger partial charge in [-0.15, -0.1) is 0 Å². The van der Waals surface area contributed by atoms with E-state index in [0.717, 1.165) is 3.57 Å². The predicted octanol–water partition coefficient (Wildman–Crippen LogP) is 2.54. The Morgan fingerprint density at radius 2 is 2.29 bits per heavy atom. The van der Waals surface area contributed by atoms with Gasteiger partial charge >= 0.3 is 0 Å². The molecule has 2 rings (SSSR count). The Morgan fingerprint density at radius 3 is 2.82 bits per heavy atom. The lowest BCUT2D eigenvalue weighted by Crippen LogP contribution is -2.33. The van der Waals surface area contributed by atoms with Gasteiger partial charge in [-0.1, -0.05) is 11.6 Å². The lowest BCUT2D eigenvalue weighted by Gasteiger charge is -2.19. The van der Waals surface area contributed by atoms with Crippen LogP contribution in [-0.2, 0) is 0 Å². The standard InChI is InChI=1S/C12H13ClINO2/c1-12(17)4-5-15(7-12)11(16)8-2-3-10(14)9(13)6-8/h2-3,6,17H,4-5,7H2,1H3. The summed E-state index contributed by atoms with van der Waals surface area (Å²) in [6.45, 7) is 2.73. The molecule has 1 saturated heterocycles. The first-order chi connectivity index (χ1) is 7.89. The minimum absolute atomic E-state index is 0.0684.